The Morgan fingerprint density at radius 1 is 1.36 bits per heavy atom. The van der Waals surface area contributed by atoms with Gasteiger partial charge in [-0.2, -0.15) is 0 Å². The largest absolute Gasteiger partial charge is 0.336 e. The first-order chi connectivity index (χ1) is 12.0. The van der Waals surface area contributed by atoms with Crippen molar-refractivity contribution in [1.29, 1.82) is 0 Å². The molecule has 9 heteroatoms. The van der Waals surface area contributed by atoms with Gasteiger partial charge < -0.3 is 5.84 Å². The topological polar surface area (TPSA) is 89.9 Å². The molecule has 0 spiro atoms. The number of hydrogen-bond donors (Lipinski definition) is 1. The highest BCUT2D eigenvalue weighted by Crippen LogP contribution is 2.31. The van der Waals surface area contributed by atoms with Crippen LogP contribution in [0.4, 0.5) is 10.8 Å². The summed E-state index contributed by atoms with van der Waals surface area (Å²) in [5.74, 6) is 7.04. The highest BCUT2D eigenvalue weighted by molar-refractivity contribution is 7.98. The second-order valence-electron chi connectivity index (χ2n) is 5.50. The van der Waals surface area contributed by atoms with Crippen molar-refractivity contribution in [2.45, 2.75) is 31.7 Å². The summed E-state index contributed by atoms with van der Waals surface area (Å²) in [6.07, 6.45) is 0. The van der Waals surface area contributed by atoms with Crippen LogP contribution >= 0.6 is 23.1 Å². The van der Waals surface area contributed by atoms with Crippen molar-refractivity contribution in [3.05, 3.63) is 46.7 Å². The zero-order valence-electron chi connectivity index (χ0n) is 14.1. The standard InChI is InChI=1S/C16H18N6OS2/c1-10-5-4-6-14(7-10)21(12(3)23)15-18-13(8-24-15)9-25-16-20-19-11(2)22(16)17/h4-8H,9,17H2,1-3H3. The van der Waals surface area contributed by atoms with Crippen molar-refractivity contribution in [2.24, 2.45) is 0 Å². The number of amides is 1. The molecule has 2 aromatic heterocycles. The first kappa shape index (κ1) is 17.4. The second-order valence-corrected chi connectivity index (χ2v) is 7.28. The van der Waals surface area contributed by atoms with Crippen molar-refractivity contribution < 1.29 is 4.79 Å². The van der Waals surface area contributed by atoms with E-state index in [1.54, 1.807) is 11.8 Å². The Labute approximate surface area is 153 Å². The van der Waals surface area contributed by atoms with Crippen LogP contribution in [0.15, 0.2) is 34.8 Å². The van der Waals surface area contributed by atoms with Crippen LogP contribution in [0.1, 0.15) is 24.0 Å². The predicted molar refractivity (Wildman–Crippen MR) is 101 cm³/mol. The number of carbonyl (C=O) groups is 1. The molecule has 1 aromatic carbocycles. The zero-order valence-corrected chi connectivity index (χ0v) is 15.8. The fourth-order valence-electron chi connectivity index (χ4n) is 2.25. The van der Waals surface area contributed by atoms with E-state index in [1.807, 2.05) is 36.6 Å². The van der Waals surface area contributed by atoms with E-state index in [4.69, 9.17) is 5.84 Å². The second kappa shape index (κ2) is 7.24. The monoisotopic (exact) mass is 374 g/mol. The third-order valence-electron chi connectivity index (χ3n) is 3.49. The lowest BCUT2D eigenvalue weighted by atomic mass is 10.2. The number of nitrogens with two attached hydrogens (primary N) is 1. The van der Waals surface area contributed by atoms with E-state index in [2.05, 4.69) is 15.2 Å². The minimum atomic E-state index is -0.0727. The van der Waals surface area contributed by atoms with Crippen LogP contribution in [0, 0.1) is 13.8 Å². The molecule has 1 amide bonds. The highest BCUT2D eigenvalue weighted by atomic mass is 32.2. The van der Waals surface area contributed by atoms with Crippen molar-refractivity contribution in [2.75, 3.05) is 10.7 Å². The first-order valence-electron chi connectivity index (χ1n) is 7.57. The first-order valence-corrected chi connectivity index (χ1v) is 9.44. The summed E-state index contributed by atoms with van der Waals surface area (Å²) in [7, 11) is 0. The van der Waals surface area contributed by atoms with Crippen LogP contribution in [0.5, 0.6) is 0 Å². The van der Waals surface area contributed by atoms with Crippen molar-refractivity contribution in [3.63, 3.8) is 0 Å². The van der Waals surface area contributed by atoms with E-state index in [1.165, 1.54) is 34.7 Å². The molecule has 0 atom stereocenters. The summed E-state index contributed by atoms with van der Waals surface area (Å²) < 4.78 is 1.45. The molecule has 0 bridgehead atoms. The van der Waals surface area contributed by atoms with Gasteiger partial charge in [0, 0.05) is 18.1 Å². The molecule has 25 heavy (non-hydrogen) atoms. The molecule has 2 heterocycles. The van der Waals surface area contributed by atoms with Crippen LogP contribution in [0.25, 0.3) is 0 Å². The molecule has 7 nitrogen and oxygen atoms in total. The van der Waals surface area contributed by atoms with Crippen LogP contribution < -0.4 is 10.7 Å². The van der Waals surface area contributed by atoms with Gasteiger partial charge in [0.2, 0.25) is 11.1 Å². The average Bonchev–Trinajstić information content (AvgIpc) is 3.14. The predicted octanol–water partition coefficient (Wildman–Crippen LogP) is 3.04. The third kappa shape index (κ3) is 3.83. The van der Waals surface area contributed by atoms with E-state index in [0.717, 1.165) is 16.9 Å². The Bertz CT molecular complexity index is 904. The lowest BCUT2D eigenvalue weighted by Gasteiger charge is -2.18. The summed E-state index contributed by atoms with van der Waals surface area (Å²) in [5, 5.41) is 11.2. The maximum Gasteiger partial charge on any atom is 0.230 e. The molecule has 0 aliphatic carbocycles. The van der Waals surface area contributed by atoms with Gasteiger partial charge in [-0.25, -0.2) is 9.66 Å². The lowest BCUT2D eigenvalue weighted by molar-refractivity contribution is -0.115. The normalized spacial score (nSPS) is 10.8. The Balaban J connectivity index is 1.78. The number of nitrogen functional groups attached to an aromatic ring is 1. The van der Waals surface area contributed by atoms with Gasteiger partial charge in [-0.1, -0.05) is 23.9 Å². The molecule has 0 saturated carbocycles. The third-order valence-corrected chi connectivity index (χ3v) is 5.34. The summed E-state index contributed by atoms with van der Waals surface area (Å²) in [6, 6.07) is 7.80. The van der Waals surface area contributed by atoms with Crippen LogP contribution in [-0.4, -0.2) is 25.8 Å². The van der Waals surface area contributed by atoms with Gasteiger partial charge in [-0.3, -0.25) is 9.69 Å². The summed E-state index contributed by atoms with van der Waals surface area (Å²) in [4.78, 5) is 18.4. The fourth-order valence-corrected chi connectivity index (χ4v) is 4.03. The maximum atomic E-state index is 12.1. The number of thiazole rings is 1. The maximum absolute atomic E-state index is 12.1. The Morgan fingerprint density at radius 3 is 2.80 bits per heavy atom. The molecule has 3 rings (SSSR count). The lowest BCUT2D eigenvalue weighted by Crippen LogP contribution is -2.22. The van der Waals surface area contributed by atoms with E-state index in [-0.39, 0.29) is 5.91 Å². The molecule has 0 radical (unpaired) electrons. The van der Waals surface area contributed by atoms with Crippen molar-refractivity contribution in [1.82, 2.24) is 19.9 Å². The number of thioether (sulfide) groups is 1. The minimum absolute atomic E-state index is 0.0727. The molecule has 130 valence electrons. The number of carbonyl (C=O) groups excluding carboxylic acids is 1. The minimum Gasteiger partial charge on any atom is -0.336 e. The van der Waals surface area contributed by atoms with Gasteiger partial charge in [0.15, 0.2) is 5.13 Å². The number of benzene rings is 1. The SMILES string of the molecule is CC(=O)N(c1cccc(C)c1)c1nc(CSc2nnc(C)n2N)cs1. The van der Waals surface area contributed by atoms with E-state index >= 15 is 0 Å². The molecular formula is C16H18N6OS2. The molecule has 0 fully saturated rings. The highest BCUT2D eigenvalue weighted by Gasteiger charge is 2.18. The number of aryl methyl sites for hydroxylation is 2. The van der Waals surface area contributed by atoms with Crippen molar-refractivity contribution in [3.8, 4) is 0 Å². The summed E-state index contributed by atoms with van der Waals surface area (Å²) >= 11 is 2.90. The van der Waals surface area contributed by atoms with Crippen molar-refractivity contribution >= 4 is 39.8 Å². The van der Waals surface area contributed by atoms with Gasteiger partial charge in [-0.05, 0) is 31.5 Å². The quantitative estimate of drug-likeness (QED) is 0.545. The number of anilines is 2. The van der Waals surface area contributed by atoms with Crippen LogP contribution in [0.3, 0.4) is 0 Å². The van der Waals surface area contributed by atoms with Gasteiger partial charge in [0.05, 0.1) is 11.4 Å². The number of aromatic nitrogens is 4. The van der Waals surface area contributed by atoms with Crippen LogP contribution in [0.2, 0.25) is 0 Å². The smallest absolute Gasteiger partial charge is 0.230 e. The van der Waals surface area contributed by atoms with E-state index < -0.39 is 0 Å². The van der Waals surface area contributed by atoms with Gasteiger partial charge in [0.1, 0.15) is 5.82 Å². The Morgan fingerprint density at radius 2 is 2.16 bits per heavy atom. The zero-order chi connectivity index (χ0) is 18.0. The molecular weight excluding hydrogens is 356 g/mol. The average molecular weight is 374 g/mol. The molecule has 2 N–H and O–H groups in total. The molecule has 0 saturated heterocycles. The van der Waals surface area contributed by atoms with Gasteiger partial charge in [0.25, 0.3) is 0 Å². The van der Waals surface area contributed by atoms with E-state index in [0.29, 0.717) is 21.9 Å². The molecule has 3 aromatic rings. The van der Waals surface area contributed by atoms with Gasteiger partial charge >= 0.3 is 0 Å². The van der Waals surface area contributed by atoms with Gasteiger partial charge in [-0.15, -0.1) is 21.5 Å². The number of nitrogens with zero attached hydrogens (tertiary/aromatic N) is 5. The Hall–Kier alpha value is -2.39. The Kier molecular flexibility index (Phi) is 5.05. The fraction of sp³-hybridized carbons (Fsp3) is 0.250. The number of hydrogen-bond acceptors (Lipinski definition) is 7. The molecule has 0 aliphatic heterocycles. The number of rotatable bonds is 5. The molecule has 0 aliphatic rings. The molecule has 0 unspecified atom stereocenters. The summed E-state index contributed by atoms with van der Waals surface area (Å²) in [5.41, 5.74) is 2.77. The van der Waals surface area contributed by atoms with E-state index in [9.17, 15) is 4.79 Å². The summed E-state index contributed by atoms with van der Waals surface area (Å²) in [6.45, 7) is 5.33. The van der Waals surface area contributed by atoms with Crippen LogP contribution in [-0.2, 0) is 10.5 Å².